The van der Waals surface area contributed by atoms with Gasteiger partial charge in [0, 0.05) is 48.4 Å². The van der Waals surface area contributed by atoms with Crippen molar-refractivity contribution in [3.8, 4) is 11.5 Å². The lowest BCUT2D eigenvalue weighted by molar-refractivity contribution is -0.385. The zero-order chi connectivity index (χ0) is 21.7. The van der Waals surface area contributed by atoms with Crippen molar-refractivity contribution in [1.29, 1.82) is 0 Å². The highest BCUT2D eigenvalue weighted by molar-refractivity contribution is 5.45. The number of ether oxygens (including phenoxy) is 3. The highest BCUT2D eigenvalue weighted by Crippen LogP contribution is 2.31. The summed E-state index contributed by atoms with van der Waals surface area (Å²) in [5.74, 6) is 1.48. The number of hydrogen-bond donors (Lipinski definition) is 0. The molecule has 0 N–H and O–H groups in total. The van der Waals surface area contributed by atoms with Gasteiger partial charge in [0.25, 0.3) is 11.4 Å². The number of benzene rings is 2. The molecule has 2 unspecified atom stereocenters. The lowest BCUT2D eigenvalue weighted by atomic mass is 10.0. The maximum atomic E-state index is 10.6. The van der Waals surface area contributed by atoms with Crippen molar-refractivity contribution in [2.45, 2.75) is 51.9 Å². The predicted molar refractivity (Wildman–Crippen MR) is 109 cm³/mol. The Morgan fingerprint density at radius 2 is 1.47 bits per heavy atom. The number of nitro benzene ring substituents is 2. The van der Waals surface area contributed by atoms with Crippen molar-refractivity contribution in [3.05, 3.63) is 67.8 Å². The molecule has 9 heteroatoms. The lowest BCUT2D eigenvalue weighted by Crippen LogP contribution is -2.25. The van der Waals surface area contributed by atoms with E-state index in [4.69, 9.17) is 14.2 Å². The number of non-ortho nitro benzene ring substituents is 2. The van der Waals surface area contributed by atoms with Gasteiger partial charge >= 0.3 is 0 Å². The monoisotopic (exact) mass is 416 g/mol. The van der Waals surface area contributed by atoms with Crippen molar-refractivity contribution >= 4 is 11.4 Å². The molecular weight excluding hydrogens is 392 g/mol. The molecule has 9 nitrogen and oxygen atoms in total. The van der Waals surface area contributed by atoms with Crippen LogP contribution in [0, 0.1) is 20.2 Å². The summed E-state index contributed by atoms with van der Waals surface area (Å²) < 4.78 is 16.5. The Morgan fingerprint density at radius 1 is 0.933 bits per heavy atom. The predicted octanol–water partition coefficient (Wildman–Crippen LogP) is 4.59. The van der Waals surface area contributed by atoms with Crippen LogP contribution in [-0.4, -0.2) is 28.8 Å². The molecule has 2 aliphatic rings. The van der Waals surface area contributed by atoms with Crippen LogP contribution in [0.3, 0.4) is 0 Å². The number of fused-ring (bicyclic) bond motifs is 2. The van der Waals surface area contributed by atoms with Crippen LogP contribution in [0.1, 0.15) is 37.8 Å². The van der Waals surface area contributed by atoms with Gasteiger partial charge in [0.15, 0.2) is 6.29 Å². The molecule has 0 amide bonds. The van der Waals surface area contributed by atoms with Crippen molar-refractivity contribution in [3.63, 3.8) is 0 Å². The third-order valence-electron chi connectivity index (χ3n) is 4.92. The fourth-order valence-corrected chi connectivity index (χ4v) is 3.39. The standard InChI is InChI=1S/C11H13NO4.C10H11NO3/c1-2-15-11-6-3-8-7-9(12(13)14)4-5-10(8)16-11;1-7-2-3-8-6-9(11(12)13)4-5-10(8)14-7/h4-5,7,11H,2-3,6H2,1H3;4-7H,2-3H2,1H3. The summed E-state index contributed by atoms with van der Waals surface area (Å²) in [6.07, 6.45) is 3.26. The molecule has 4 rings (SSSR count). The Hall–Kier alpha value is -3.20. The van der Waals surface area contributed by atoms with E-state index in [1.807, 2.05) is 13.8 Å². The summed E-state index contributed by atoms with van der Waals surface area (Å²) in [6.45, 7) is 4.52. The minimum absolute atomic E-state index is 0.109. The largest absolute Gasteiger partial charge is 0.490 e. The van der Waals surface area contributed by atoms with Crippen molar-refractivity contribution in [2.75, 3.05) is 6.61 Å². The highest BCUT2D eigenvalue weighted by atomic mass is 16.7. The Kier molecular flexibility index (Phi) is 6.83. The van der Waals surface area contributed by atoms with Crippen molar-refractivity contribution in [2.24, 2.45) is 0 Å². The number of hydrogen-bond acceptors (Lipinski definition) is 7. The second-order valence-corrected chi connectivity index (χ2v) is 7.11. The first-order valence-electron chi connectivity index (χ1n) is 9.87. The van der Waals surface area contributed by atoms with Gasteiger partial charge in [0.1, 0.15) is 11.5 Å². The van der Waals surface area contributed by atoms with Gasteiger partial charge in [0.05, 0.1) is 16.0 Å². The molecule has 160 valence electrons. The molecule has 0 radical (unpaired) electrons. The second kappa shape index (κ2) is 9.53. The summed E-state index contributed by atoms with van der Waals surface area (Å²) in [7, 11) is 0. The molecule has 30 heavy (non-hydrogen) atoms. The average molecular weight is 416 g/mol. The normalized spacial score (nSPS) is 19.1. The van der Waals surface area contributed by atoms with Crippen LogP contribution >= 0.6 is 0 Å². The van der Waals surface area contributed by atoms with Gasteiger partial charge < -0.3 is 14.2 Å². The lowest BCUT2D eigenvalue weighted by Gasteiger charge is -2.25. The zero-order valence-electron chi connectivity index (χ0n) is 16.9. The second-order valence-electron chi connectivity index (χ2n) is 7.11. The van der Waals surface area contributed by atoms with Crippen LogP contribution in [0.25, 0.3) is 0 Å². The number of aryl methyl sites for hydroxylation is 2. The fourth-order valence-electron chi connectivity index (χ4n) is 3.39. The topological polar surface area (TPSA) is 114 Å². The first kappa shape index (κ1) is 21.5. The molecule has 0 fully saturated rings. The van der Waals surface area contributed by atoms with E-state index in [1.165, 1.54) is 12.1 Å². The molecule has 0 aromatic heterocycles. The Labute approximate surface area is 173 Å². The van der Waals surface area contributed by atoms with E-state index < -0.39 is 4.92 Å². The molecule has 2 atom stereocenters. The van der Waals surface area contributed by atoms with E-state index in [1.54, 1.807) is 24.3 Å². The van der Waals surface area contributed by atoms with Gasteiger partial charge in [-0.3, -0.25) is 20.2 Å². The maximum Gasteiger partial charge on any atom is 0.269 e. The quantitative estimate of drug-likeness (QED) is 0.529. The third-order valence-corrected chi connectivity index (χ3v) is 4.92. The van der Waals surface area contributed by atoms with E-state index in [0.717, 1.165) is 42.6 Å². The summed E-state index contributed by atoms with van der Waals surface area (Å²) in [6, 6.07) is 9.42. The molecule has 0 saturated carbocycles. The minimum atomic E-state index is -0.394. The summed E-state index contributed by atoms with van der Waals surface area (Å²) in [5.41, 5.74) is 2.07. The first-order chi connectivity index (χ1) is 14.4. The van der Waals surface area contributed by atoms with E-state index in [9.17, 15) is 20.2 Å². The third kappa shape index (κ3) is 5.24. The highest BCUT2D eigenvalue weighted by Gasteiger charge is 2.22. The fraction of sp³-hybridized carbons (Fsp3) is 0.429. The first-order valence-corrected chi connectivity index (χ1v) is 9.87. The van der Waals surface area contributed by atoms with Gasteiger partial charge in [0.2, 0.25) is 0 Å². The molecule has 2 aliphatic heterocycles. The van der Waals surface area contributed by atoms with Crippen molar-refractivity contribution in [1.82, 2.24) is 0 Å². The molecule has 0 aliphatic carbocycles. The van der Waals surface area contributed by atoms with Crippen LogP contribution in [0.5, 0.6) is 11.5 Å². The molecular formula is C21H24N2O7. The summed E-state index contributed by atoms with van der Waals surface area (Å²) in [5, 5.41) is 21.1. The minimum Gasteiger partial charge on any atom is -0.490 e. The maximum absolute atomic E-state index is 10.6. The zero-order valence-corrected chi connectivity index (χ0v) is 16.9. The molecule has 2 heterocycles. The Bertz CT molecular complexity index is 932. The van der Waals surface area contributed by atoms with Crippen molar-refractivity contribution < 1.29 is 24.1 Å². The average Bonchev–Trinajstić information content (AvgIpc) is 2.73. The number of nitrogens with zero attached hydrogens (tertiary/aromatic N) is 2. The molecule has 2 aromatic carbocycles. The molecule has 0 spiro atoms. The Balaban J connectivity index is 0.000000172. The van der Waals surface area contributed by atoms with Crippen LogP contribution < -0.4 is 9.47 Å². The number of rotatable bonds is 4. The van der Waals surface area contributed by atoms with Crippen LogP contribution in [0.4, 0.5) is 11.4 Å². The SMILES string of the molecule is CC1CCc2cc([N+](=O)[O-])ccc2O1.CCOC1CCc2cc([N+](=O)[O-])ccc2O1. The molecule has 0 bridgehead atoms. The van der Waals surface area contributed by atoms with E-state index in [0.29, 0.717) is 12.4 Å². The molecule has 0 saturated heterocycles. The van der Waals surface area contributed by atoms with Gasteiger partial charge in [-0.05, 0) is 45.2 Å². The van der Waals surface area contributed by atoms with Crippen LogP contribution in [-0.2, 0) is 17.6 Å². The Morgan fingerprint density at radius 3 is 2.00 bits per heavy atom. The number of nitro groups is 2. The van der Waals surface area contributed by atoms with Crippen LogP contribution in [0.2, 0.25) is 0 Å². The van der Waals surface area contributed by atoms with E-state index >= 15 is 0 Å². The summed E-state index contributed by atoms with van der Waals surface area (Å²) in [4.78, 5) is 20.3. The van der Waals surface area contributed by atoms with Gasteiger partial charge in [-0.2, -0.15) is 0 Å². The van der Waals surface area contributed by atoms with Gasteiger partial charge in [-0.25, -0.2) is 0 Å². The smallest absolute Gasteiger partial charge is 0.269 e. The van der Waals surface area contributed by atoms with E-state index in [2.05, 4.69) is 0 Å². The van der Waals surface area contributed by atoms with Gasteiger partial charge in [-0.15, -0.1) is 0 Å². The van der Waals surface area contributed by atoms with Gasteiger partial charge in [-0.1, -0.05) is 0 Å². The summed E-state index contributed by atoms with van der Waals surface area (Å²) >= 11 is 0. The van der Waals surface area contributed by atoms with Crippen LogP contribution in [0.15, 0.2) is 36.4 Å². The van der Waals surface area contributed by atoms with E-state index in [-0.39, 0.29) is 28.7 Å². The molecule has 2 aromatic rings.